The van der Waals surface area contributed by atoms with Gasteiger partial charge in [-0.2, -0.15) is 0 Å². The van der Waals surface area contributed by atoms with Crippen LogP contribution in [0.15, 0.2) is 61.2 Å². The topological polar surface area (TPSA) is 36.5 Å². The Morgan fingerprint density at radius 1 is 1.03 bits per heavy atom. The van der Waals surface area contributed by atoms with Gasteiger partial charge in [0.25, 0.3) is 0 Å². The number of halogens is 1. The summed E-state index contributed by atoms with van der Waals surface area (Å²) in [4.78, 5) is 1.93. The van der Waals surface area contributed by atoms with Gasteiger partial charge in [0.1, 0.15) is 5.75 Å². The van der Waals surface area contributed by atoms with E-state index in [2.05, 4.69) is 17.2 Å². The smallest absolute Gasteiger partial charge is 0.177 e. The third-order valence-electron chi connectivity index (χ3n) is 4.67. The van der Waals surface area contributed by atoms with E-state index < -0.39 is 0 Å². The van der Waals surface area contributed by atoms with E-state index in [-0.39, 0.29) is 0 Å². The summed E-state index contributed by atoms with van der Waals surface area (Å²) in [5.41, 5.74) is 1.90. The van der Waals surface area contributed by atoms with Crippen molar-refractivity contribution in [3.05, 3.63) is 66.2 Å². The van der Waals surface area contributed by atoms with Crippen molar-refractivity contribution in [2.45, 2.75) is 32.1 Å². The largest absolute Gasteiger partial charge is 0.494 e. The van der Waals surface area contributed by atoms with Crippen LogP contribution in [0.4, 0.5) is 11.4 Å². The molecule has 0 spiro atoms. The van der Waals surface area contributed by atoms with Gasteiger partial charge >= 0.3 is 0 Å². The minimum Gasteiger partial charge on any atom is -0.494 e. The Morgan fingerprint density at radius 3 is 2.43 bits per heavy atom. The Kier molecular flexibility index (Phi) is 11.3. The summed E-state index contributed by atoms with van der Waals surface area (Å²) in [5.74, 6) is 0.884. The molecule has 0 unspecified atom stereocenters. The molecule has 0 aliphatic rings. The molecule has 0 aliphatic heterocycles. The van der Waals surface area contributed by atoms with Crippen LogP contribution in [-0.2, 0) is 0 Å². The van der Waals surface area contributed by atoms with Gasteiger partial charge in [0.2, 0.25) is 0 Å². The molecule has 2 aromatic rings. The Labute approximate surface area is 191 Å². The molecule has 2 rings (SSSR count). The molecule has 0 heterocycles. The molecule has 0 saturated carbocycles. The molecule has 0 bridgehead atoms. The summed E-state index contributed by atoms with van der Waals surface area (Å²) in [6, 6.07) is 15.5. The van der Waals surface area contributed by atoms with E-state index in [1.165, 1.54) is 19.3 Å². The molecular weight excluding hydrogens is 414 g/mol. The van der Waals surface area contributed by atoms with Crippen LogP contribution >= 0.6 is 23.8 Å². The average Bonchev–Trinajstić information content (AvgIpc) is 2.76. The van der Waals surface area contributed by atoms with E-state index in [1.807, 2.05) is 66.6 Å². The van der Waals surface area contributed by atoms with Crippen molar-refractivity contribution in [1.82, 2.24) is 5.32 Å². The van der Waals surface area contributed by atoms with E-state index in [1.54, 1.807) is 0 Å². The fraction of sp³-hybridized carbons (Fsp3) is 0.375. The van der Waals surface area contributed by atoms with Gasteiger partial charge in [-0.3, -0.25) is 0 Å². The lowest BCUT2D eigenvalue weighted by atomic mass is 10.2. The zero-order valence-electron chi connectivity index (χ0n) is 17.7. The predicted molar refractivity (Wildman–Crippen MR) is 134 cm³/mol. The highest BCUT2D eigenvalue weighted by molar-refractivity contribution is 7.80. The van der Waals surface area contributed by atoms with E-state index in [0.717, 1.165) is 49.7 Å². The normalized spacial score (nSPS) is 10.5. The number of thiocarbonyl (C=S) groups is 1. The summed E-state index contributed by atoms with van der Waals surface area (Å²) in [6.45, 7) is 6.58. The van der Waals surface area contributed by atoms with Crippen LogP contribution in [0, 0.1) is 0 Å². The lowest BCUT2D eigenvalue weighted by molar-refractivity contribution is 0.304. The first kappa shape index (κ1) is 24.2. The summed E-state index contributed by atoms with van der Waals surface area (Å²) in [7, 11) is 1.94. The standard InChI is InChI=1S/C24H32ClN3OS/c1-3-4-17-26-18-7-5-6-8-19-29-23-15-13-22(14-16-23)28(2)24(30)27-21-11-9-20(25)10-12-21/h3,9-16,26H,1,4-8,17-19H2,2H3,(H,27,30). The molecule has 2 N–H and O–H groups in total. The SMILES string of the molecule is C=CCCNCCCCCCOc1ccc(N(C)C(=S)Nc2ccc(Cl)cc2)cc1. The summed E-state index contributed by atoms with van der Waals surface area (Å²) < 4.78 is 5.86. The van der Waals surface area contributed by atoms with Gasteiger partial charge in [0.05, 0.1) is 6.61 Å². The predicted octanol–water partition coefficient (Wildman–Crippen LogP) is 6.28. The highest BCUT2D eigenvalue weighted by Gasteiger charge is 2.07. The van der Waals surface area contributed by atoms with Gasteiger partial charge in [-0.15, -0.1) is 6.58 Å². The minimum atomic E-state index is 0.616. The van der Waals surface area contributed by atoms with Crippen molar-refractivity contribution in [3.8, 4) is 5.75 Å². The van der Waals surface area contributed by atoms with Crippen LogP contribution in [0.3, 0.4) is 0 Å². The number of anilines is 2. The quantitative estimate of drug-likeness (QED) is 0.215. The number of nitrogens with one attached hydrogen (secondary N) is 2. The van der Waals surface area contributed by atoms with Gasteiger partial charge in [-0.05, 0) is 93.1 Å². The highest BCUT2D eigenvalue weighted by atomic mass is 35.5. The number of nitrogens with zero attached hydrogens (tertiary/aromatic N) is 1. The first-order valence-corrected chi connectivity index (χ1v) is 11.2. The van der Waals surface area contributed by atoms with E-state index >= 15 is 0 Å². The average molecular weight is 446 g/mol. The number of ether oxygens (including phenoxy) is 1. The van der Waals surface area contributed by atoms with Gasteiger partial charge < -0.3 is 20.3 Å². The fourth-order valence-electron chi connectivity index (χ4n) is 2.85. The van der Waals surface area contributed by atoms with Crippen molar-refractivity contribution in [2.24, 2.45) is 0 Å². The van der Waals surface area contributed by atoms with Crippen molar-refractivity contribution >= 4 is 40.3 Å². The minimum absolute atomic E-state index is 0.616. The Morgan fingerprint density at radius 2 is 1.73 bits per heavy atom. The van der Waals surface area contributed by atoms with Gasteiger partial charge in [-0.25, -0.2) is 0 Å². The van der Waals surface area contributed by atoms with Crippen LogP contribution in [0.2, 0.25) is 5.02 Å². The zero-order valence-corrected chi connectivity index (χ0v) is 19.3. The molecule has 0 atom stereocenters. The zero-order chi connectivity index (χ0) is 21.6. The Bertz CT molecular complexity index is 765. The third-order valence-corrected chi connectivity index (χ3v) is 5.29. The third kappa shape index (κ3) is 9.16. The van der Waals surface area contributed by atoms with Gasteiger partial charge in [-0.1, -0.05) is 30.5 Å². The van der Waals surface area contributed by atoms with Crippen molar-refractivity contribution in [2.75, 3.05) is 37.0 Å². The number of unbranched alkanes of at least 4 members (excludes halogenated alkanes) is 3. The molecular formula is C24H32ClN3OS. The monoisotopic (exact) mass is 445 g/mol. The Balaban J connectivity index is 1.64. The molecule has 0 aliphatic carbocycles. The van der Waals surface area contributed by atoms with Crippen LogP contribution < -0.4 is 20.3 Å². The maximum Gasteiger partial charge on any atom is 0.177 e. The van der Waals surface area contributed by atoms with Gasteiger partial charge in [0.15, 0.2) is 5.11 Å². The molecule has 0 saturated heterocycles. The van der Waals surface area contributed by atoms with Crippen LogP contribution in [0.5, 0.6) is 5.75 Å². The summed E-state index contributed by atoms with van der Waals surface area (Å²) >= 11 is 11.4. The van der Waals surface area contributed by atoms with Crippen molar-refractivity contribution < 1.29 is 4.74 Å². The highest BCUT2D eigenvalue weighted by Crippen LogP contribution is 2.20. The first-order chi connectivity index (χ1) is 14.6. The second-order valence-corrected chi connectivity index (χ2v) is 7.90. The van der Waals surface area contributed by atoms with E-state index in [4.69, 9.17) is 28.6 Å². The maximum absolute atomic E-state index is 5.92. The van der Waals surface area contributed by atoms with Crippen LogP contribution in [0.1, 0.15) is 32.1 Å². The summed E-state index contributed by atoms with van der Waals surface area (Å²) in [5, 5.41) is 7.95. The Hall–Kier alpha value is -2.08. The molecule has 162 valence electrons. The maximum atomic E-state index is 5.92. The second kappa shape index (κ2) is 14.0. The molecule has 6 heteroatoms. The van der Waals surface area contributed by atoms with Crippen LogP contribution in [-0.4, -0.2) is 31.9 Å². The summed E-state index contributed by atoms with van der Waals surface area (Å²) in [6.07, 6.45) is 7.68. The molecule has 0 fully saturated rings. The number of benzene rings is 2. The van der Waals surface area contributed by atoms with Crippen LogP contribution in [0.25, 0.3) is 0 Å². The molecule has 0 radical (unpaired) electrons. The number of rotatable bonds is 13. The molecule has 4 nitrogen and oxygen atoms in total. The lowest BCUT2D eigenvalue weighted by Gasteiger charge is -2.21. The van der Waals surface area contributed by atoms with Crippen molar-refractivity contribution in [3.63, 3.8) is 0 Å². The molecule has 0 aromatic heterocycles. The molecule has 0 amide bonds. The van der Waals surface area contributed by atoms with E-state index in [0.29, 0.717) is 10.1 Å². The number of hydrogen-bond donors (Lipinski definition) is 2. The fourth-order valence-corrected chi connectivity index (χ4v) is 3.20. The lowest BCUT2D eigenvalue weighted by Crippen LogP contribution is -2.30. The molecule has 30 heavy (non-hydrogen) atoms. The number of hydrogen-bond acceptors (Lipinski definition) is 3. The van der Waals surface area contributed by atoms with E-state index in [9.17, 15) is 0 Å². The van der Waals surface area contributed by atoms with Gasteiger partial charge in [0, 0.05) is 23.4 Å². The molecule has 2 aromatic carbocycles. The van der Waals surface area contributed by atoms with Crippen molar-refractivity contribution in [1.29, 1.82) is 0 Å². The first-order valence-electron chi connectivity index (χ1n) is 10.4. The second-order valence-electron chi connectivity index (χ2n) is 7.08.